The number of aliphatic hydroxyl groups is 2. The summed E-state index contributed by atoms with van der Waals surface area (Å²) in [6.45, 7) is 16.4. The third-order valence-corrected chi connectivity index (χ3v) is 3.87. The van der Waals surface area contributed by atoms with E-state index < -0.39 is 12.2 Å². The van der Waals surface area contributed by atoms with E-state index in [9.17, 15) is 9.59 Å². The number of ether oxygens (including phenoxy) is 2. The molecule has 8 heteroatoms. The summed E-state index contributed by atoms with van der Waals surface area (Å²) in [5.74, 6) is 6.80. The third-order valence-electron chi connectivity index (χ3n) is 3.87. The lowest BCUT2D eigenvalue weighted by molar-refractivity contribution is -0.132. The van der Waals surface area contributed by atoms with E-state index in [1.54, 1.807) is 23.6 Å². The zero-order valence-electron chi connectivity index (χ0n) is 21.7. The molecule has 2 amide bonds. The van der Waals surface area contributed by atoms with Crippen LogP contribution in [0.15, 0.2) is 59.0 Å². The first-order chi connectivity index (χ1) is 17.7. The lowest BCUT2D eigenvalue weighted by Gasteiger charge is -2.25. The van der Waals surface area contributed by atoms with Gasteiger partial charge in [-0.05, 0) is 67.3 Å². The summed E-state index contributed by atoms with van der Waals surface area (Å²) in [7, 11) is 0. The van der Waals surface area contributed by atoms with Crippen LogP contribution in [0.2, 0.25) is 0 Å². The van der Waals surface area contributed by atoms with Crippen molar-refractivity contribution in [3.63, 3.8) is 0 Å². The summed E-state index contributed by atoms with van der Waals surface area (Å²) >= 11 is 0. The number of carbonyl (C=O) groups is 2. The summed E-state index contributed by atoms with van der Waals surface area (Å²) in [6, 6.07) is 0. The fourth-order valence-corrected chi connectivity index (χ4v) is 2.10. The first kappa shape index (κ1) is 38.4. The molecule has 2 saturated heterocycles. The van der Waals surface area contributed by atoms with Gasteiger partial charge in [0.2, 0.25) is 5.91 Å². The molecule has 8 nitrogen and oxygen atoms in total. The van der Waals surface area contributed by atoms with Gasteiger partial charge in [-0.2, -0.15) is 0 Å². The third kappa shape index (κ3) is 26.5. The Hall–Kier alpha value is -4.12. The van der Waals surface area contributed by atoms with Crippen molar-refractivity contribution in [3.8, 4) is 24.2 Å². The highest BCUT2D eigenvalue weighted by molar-refractivity contribution is 5.93. The Labute approximate surface area is 227 Å². The number of rotatable bonds is 0. The van der Waals surface area contributed by atoms with Crippen LogP contribution in [0.1, 0.15) is 28.2 Å². The molecule has 0 bridgehead atoms. The molecule has 204 valence electrons. The Bertz CT molecular complexity index is 1050. The van der Waals surface area contributed by atoms with Gasteiger partial charge in [-0.25, -0.2) is 0 Å². The van der Waals surface area contributed by atoms with E-state index >= 15 is 0 Å². The van der Waals surface area contributed by atoms with Crippen molar-refractivity contribution < 1.29 is 29.3 Å². The molecular formula is C30H38N2O6. The highest BCUT2D eigenvalue weighted by Gasteiger charge is 2.14. The minimum Gasteiger partial charge on any atom is -0.381 e. The normalized spacial score (nSPS) is 13.8. The van der Waals surface area contributed by atoms with E-state index in [1.165, 1.54) is 6.92 Å². The Morgan fingerprint density at radius 2 is 1.16 bits per heavy atom. The molecular weight excluding hydrogens is 484 g/mol. The molecule has 2 aliphatic heterocycles. The summed E-state index contributed by atoms with van der Waals surface area (Å²) in [4.78, 5) is 25.4. The van der Waals surface area contributed by atoms with Crippen molar-refractivity contribution in [2.45, 2.75) is 40.4 Å². The molecule has 2 N–H and O–H groups in total. The van der Waals surface area contributed by atoms with Gasteiger partial charge < -0.3 is 29.5 Å². The standard InChI is InChI=1S/C10H4.C9H13NO3.C6H11NO2.C4H6O.CH4/c1-3-5-7-9-10-8-6-4-2;1-8(11)2-3-9(12)10-4-6-13-7-5-10;1-6(8)7-2-4-9-5-3-7;1-3-4(2)5;/h1-2H2;8,11H,4-7H2,1H3;2-5H2,1H3;1,4-5H,2H3;1H4/t;8-;;4-;/m.1.1./s1. The van der Waals surface area contributed by atoms with E-state index in [-0.39, 0.29) is 19.2 Å². The molecule has 0 aliphatic carbocycles. The molecule has 2 atom stereocenters. The van der Waals surface area contributed by atoms with Gasteiger partial charge in [0.25, 0.3) is 5.91 Å². The monoisotopic (exact) mass is 522 g/mol. The van der Waals surface area contributed by atoms with Crippen molar-refractivity contribution in [1.29, 1.82) is 0 Å². The molecule has 2 heterocycles. The van der Waals surface area contributed by atoms with E-state index in [1.807, 2.05) is 0 Å². The van der Waals surface area contributed by atoms with E-state index in [4.69, 9.17) is 19.7 Å². The van der Waals surface area contributed by atoms with Crippen LogP contribution in [0.25, 0.3) is 0 Å². The van der Waals surface area contributed by atoms with Crippen molar-refractivity contribution in [2.24, 2.45) is 0 Å². The number of hydrogen-bond acceptors (Lipinski definition) is 6. The SMILES string of the molecule is C.C#C[C@@H](C)O.C=C=C=C=C=C=C=C=C=C.CC(=O)N1CCOCC1.C[C@@H](O)C#CC(=O)N1CCOCC1. The summed E-state index contributed by atoms with van der Waals surface area (Å²) in [5, 5.41) is 17.0. The van der Waals surface area contributed by atoms with E-state index in [2.05, 4.69) is 83.2 Å². The van der Waals surface area contributed by atoms with Crippen LogP contribution < -0.4 is 0 Å². The number of aliphatic hydroxyl groups excluding tert-OH is 2. The summed E-state index contributed by atoms with van der Waals surface area (Å²) < 4.78 is 10.1. The molecule has 0 aromatic rings. The zero-order valence-corrected chi connectivity index (χ0v) is 21.7. The van der Waals surface area contributed by atoms with Gasteiger partial charge in [-0.1, -0.05) is 30.7 Å². The molecule has 0 aromatic heterocycles. The van der Waals surface area contributed by atoms with Crippen LogP contribution in [-0.2, 0) is 19.1 Å². The van der Waals surface area contributed by atoms with Crippen LogP contribution >= 0.6 is 0 Å². The maximum Gasteiger partial charge on any atom is 0.298 e. The smallest absolute Gasteiger partial charge is 0.298 e. The van der Waals surface area contributed by atoms with Gasteiger partial charge in [-0.15, -0.1) is 6.42 Å². The lowest BCUT2D eigenvalue weighted by Crippen LogP contribution is -2.40. The molecule has 2 rings (SSSR count). The van der Waals surface area contributed by atoms with Gasteiger partial charge in [0.05, 0.1) is 26.4 Å². The van der Waals surface area contributed by atoms with Gasteiger partial charge in [0, 0.05) is 33.1 Å². The van der Waals surface area contributed by atoms with Crippen LogP contribution in [0, 0.1) is 24.2 Å². The van der Waals surface area contributed by atoms with Crippen molar-refractivity contribution in [3.05, 3.63) is 59.0 Å². The van der Waals surface area contributed by atoms with Crippen molar-refractivity contribution >= 4 is 11.8 Å². The second-order valence-electron chi connectivity index (χ2n) is 6.91. The maximum absolute atomic E-state index is 11.3. The van der Waals surface area contributed by atoms with Crippen LogP contribution in [0.4, 0.5) is 0 Å². The van der Waals surface area contributed by atoms with E-state index in [0.717, 1.165) is 13.1 Å². The molecule has 0 spiro atoms. The van der Waals surface area contributed by atoms with Gasteiger partial charge in [0.1, 0.15) is 12.2 Å². The average Bonchev–Trinajstić information content (AvgIpc) is 2.91. The van der Waals surface area contributed by atoms with Crippen molar-refractivity contribution in [1.82, 2.24) is 9.80 Å². The van der Waals surface area contributed by atoms with Gasteiger partial charge >= 0.3 is 0 Å². The molecule has 0 radical (unpaired) electrons. The number of morpholine rings is 2. The largest absolute Gasteiger partial charge is 0.381 e. The fraction of sp³-hybridized carbons (Fsp3) is 0.467. The number of carbonyl (C=O) groups excluding carboxylic acids is 2. The quantitative estimate of drug-likeness (QED) is 0.372. The molecule has 38 heavy (non-hydrogen) atoms. The molecule has 2 aliphatic rings. The predicted molar refractivity (Wildman–Crippen MR) is 147 cm³/mol. The number of nitrogens with zero attached hydrogens (tertiary/aromatic N) is 2. The van der Waals surface area contributed by atoms with Crippen molar-refractivity contribution in [2.75, 3.05) is 52.6 Å². The molecule has 2 fully saturated rings. The van der Waals surface area contributed by atoms with Gasteiger partial charge in [0.15, 0.2) is 0 Å². The molecule has 0 saturated carbocycles. The topological polar surface area (TPSA) is 99.5 Å². The fourth-order valence-electron chi connectivity index (χ4n) is 2.10. The minimum atomic E-state index is -0.745. The number of hydrogen-bond donors (Lipinski definition) is 2. The zero-order chi connectivity index (χ0) is 28.3. The van der Waals surface area contributed by atoms with Crippen LogP contribution in [0.3, 0.4) is 0 Å². The summed E-state index contributed by atoms with van der Waals surface area (Å²) in [5.41, 5.74) is 19.5. The number of terminal acetylenes is 1. The summed E-state index contributed by atoms with van der Waals surface area (Å²) in [6.07, 6.45) is 3.34. The number of amides is 2. The maximum atomic E-state index is 11.3. The second kappa shape index (κ2) is 27.5. The minimum absolute atomic E-state index is 0. The predicted octanol–water partition coefficient (Wildman–Crippen LogP) is 1.77. The highest BCUT2D eigenvalue weighted by atomic mass is 16.5. The van der Waals surface area contributed by atoms with Crippen LogP contribution in [-0.4, -0.2) is 96.6 Å². The highest BCUT2D eigenvalue weighted by Crippen LogP contribution is 1.96. The van der Waals surface area contributed by atoms with Crippen LogP contribution in [0.5, 0.6) is 0 Å². The Morgan fingerprint density at radius 3 is 1.45 bits per heavy atom. The van der Waals surface area contributed by atoms with E-state index in [0.29, 0.717) is 39.5 Å². The Morgan fingerprint density at radius 1 is 0.789 bits per heavy atom. The average molecular weight is 523 g/mol. The molecule has 0 aromatic carbocycles. The Kier molecular flexibility index (Phi) is 27.8. The lowest BCUT2D eigenvalue weighted by atomic mass is 10.3. The Balaban J connectivity index is -0.000000446. The second-order valence-corrected chi connectivity index (χ2v) is 6.91. The first-order valence-electron chi connectivity index (χ1n) is 11.3. The first-order valence-corrected chi connectivity index (χ1v) is 11.3. The van der Waals surface area contributed by atoms with Gasteiger partial charge in [-0.3, -0.25) is 9.59 Å². The molecule has 0 unspecified atom stereocenters.